The molecule has 0 spiro atoms. The van der Waals surface area contributed by atoms with Crippen LogP contribution in [0.4, 0.5) is 0 Å². The van der Waals surface area contributed by atoms with E-state index in [2.05, 4.69) is 14.9 Å². The quantitative estimate of drug-likeness (QED) is 0.745. The summed E-state index contributed by atoms with van der Waals surface area (Å²) >= 11 is 0. The van der Waals surface area contributed by atoms with E-state index >= 15 is 0 Å². The molecule has 1 aromatic heterocycles. The Bertz CT molecular complexity index is 287. The second-order valence-electron chi connectivity index (χ2n) is 4.15. The third-order valence-corrected chi connectivity index (χ3v) is 2.65. The molecule has 0 bridgehead atoms. The highest BCUT2D eigenvalue weighted by molar-refractivity contribution is 5.02. The molecule has 0 amide bonds. The number of nitrogens with zero attached hydrogens (tertiary/aromatic N) is 3. The van der Waals surface area contributed by atoms with Gasteiger partial charge in [0.05, 0.1) is 6.61 Å². The third kappa shape index (κ3) is 3.57. The normalized spacial score (nSPS) is 15.9. The topological polar surface area (TPSA) is 49.2 Å². The molecule has 0 radical (unpaired) electrons. The Balaban J connectivity index is 1.87. The van der Waals surface area contributed by atoms with E-state index in [9.17, 15) is 0 Å². The van der Waals surface area contributed by atoms with E-state index in [-0.39, 0.29) is 6.61 Å². The number of aromatic nitrogens is 2. The fourth-order valence-electron chi connectivity index (χ4n) is 1.71. The minimum absolute atomic E-state index is 0.223. The van der Waals surface area contributed by atoms with Gasteiger partial charge in [-0.05, 0) is 18.8 Å². The van der Waals surface area contributed by atoms with Crippen LogP contribution in [0.2, 0.25) is 0 Å². The summed E-state index contributed by atoms with van der Waals surface area (Å²) in [6.45, 7) is 2.90. The largest absolute Gasteiger partial charge is 0.395 e. The molecule has 1 aliphatic carbocycles. The summed E-state index contributed by atoms with van der Waals surface area (Å²) < 4.78 is 0. The number of hydrogen-bond acceptors (Lipinski definition) is 4. The van der Waals surface area contributed by atoms with Crippen LogP contribution < -0.4 is 0 Å². The second-order valence-corrected chi connectivity index (χ2v) is 4.15. The average Bonchev–Trinajstić information content (AvgIpc) is 3.03. The van der Waals surface area contributed by atoms with Gasteiger partial charge in [-0.15, -0.1) is 0 Å². The van der Waals surface area contributed by atoms with Crippen LogP contribution in [0.1, 0.15) is 18.4 Å². The standard InChI is InChI=1S/C11H17N3O/c15-4-3-14(7-10-1-2-10)8-11-5-12-9-13-6-11/h5-6,9-10,15H,1-4,7-8H2. The number of aliphatic hydroxyl groups is 1. The van der Waals surface area contributed by atoms with Crippen molar-refractivity contribution in [3.8, 4) is 0 Å². The molecule has 1 fully saturated rings. The Labute approximate surface area is 90.0 Å². The molecular weight excluding hydrogens is 190 g/mol. The molecule has 1 aliphatic rings. The van der Waals surface area contributed by atoms with Crippen molar-refractivity contribution in [1.82, 2.24) is 14.9 Å². The lowest BCUT2D eigenvalue weighted by molar-refractivity contribution is 0.184. The van der Waals surface area contributed by atoms with Gasteiger partial charge < -0.3 is 5.11 Å². The van der Waals surface area contributed by atoms with Crippen molar-refractivity contribution in [2.75, 3.05) is 19.7 Å². The van der Waals surface area contributed by atoms with Crippen LogP contribution in [-0.2, 0) is 6.54 Å². The summed E-state index contributed by atoms with van der Waals surface area (Å²) in [5.41, 5.74) is 1.12. The summed E-state index contributed by atoms with van der Waals surface area (Å²) in [6, 6.07) is 0. The van der Waals surface area contributed by atoms with Gasteiger partial charge in [0.15, 0.2) is 0 Å². The molecule has 4 heteroatoms. The van der Waals surface area contributed by atoms with Crippen LogP contribution in [0.5, 0.6) is 0 Å². The first-order valence-electron chi connectivity index (χ1n) is 5.45. The lowest BCUT2D eigenvalue weighted by Gasteiger charge is -2.20. The van der Waals surface area contributed by atoms with Crippen molar-refractivity contribution >= 4 is 0 Å². The molecule has 1 N–H and O–H groups in total. The minimum atomic E-state index is 0.223. The summed E-state index contributed by atoms with van der Waals surface area (Å²) in [5, 5.41) is 8.98. The zero-order valence-electron chi connectivity index (χ0n) is 8.84. The Hall–Kier alpha value is -1.00. The predicted octanol–water partition coefficient (Wildman–Crippen LogP) is 0.681. The van der Waals surface area contributed by atoms with Crippen LogP contribution in [0.25, 0.3) is 0 Å². The monoisotopic (exact) mass is 207 g/mol. The second kappa shape index (κ2) is 5.19. The van der Waals surface area contributed by atoms with E-state index in [0.29, 0.717) is 0 Å². The maximum atomic E-state index is 8.98. The highest BCUT2D eigenvalue weighted by Gasteiger charge is 2.24. The van der Waals surface area contributed by atoms with Crippen molar-refractivity contribution in [2.24, 2.45) is 5.92 Å². The highest BCUT2D eigenvalue weighted by Crippen LogP contribution is 2.29. The van der Waals surface area contributed by atoms with Gasteiger partial charge in [-0.3, -0.25) is 4.90 Å². The SMILES string of the molecule is OCCN(Cc1cncnc1)CC1CC1. The summed E-state index contributed by atoms with van der Waals surface area (Å²) in [4.78, 5) is 10.3. The molecule has 0 aliphatic heterocycles. The van der Waals surface area contributed by atoms with Gasteiger partial charge >= 0.3 is 0 Å². The Morgan fingerprint density at radius 1 is 1.33 bits per heavy atom. The van der Waals surface area contributed by atoms with E-state index in [1.165, 1.54) is 12.8 Å². The lowest BCUT2D eigenvalue weighted by Crippen LogP contribution is -2.28. The summed E-state index contributed by atoms with van der Waals surface area (Å²) in [7, 11) is 0. The maximum absolute atomic E-state index is 8.98. The van der Waals surface area contributed by atoms with Gasteiger partial charge in [0.2, 0.25) is 0 Å². The molecule has 0 atom stereocenters. The van der Waals surface area contributed by atoms with Gasteiger partial charge in [-0.2, -0.15) is 0 Å². The fraction of sp³-hybridized carbons (Fsp3) is 0.636. The fourth-order valence-corrected chi connectivity index (χ4v) is 1.71. The van der Waals surface area contributed by atoms with Crippen molar-refractivity contribution in [3.63, 3.8) is 0 Å². The third-order valence-electron chi connectivity index (χ3n) is 2.65. The number of hydrogen-bond donors (Lipinski definition) is 1. The van der Waals surface area contributed by atoms with Gasteiger partial charge in [0.1, 0.15) is 6.33 Å². The zero-order valence-corrected chi connectivity index (χ0v) is 8.84. The zero-order chi connectivity index (χ0) is 10.5. The smallest absolute Gasteiger partial charge is 0.115 e. The first-order valence-corrected chi connectivity index (χ1v) is 5.45. The highest BCUT2D eigenvalue weighted by atomic mass is 16.3. The van der Waals surface area contributed by atoms with Crippen LogP contribution in [0, 0.1) is 5.92 Å². The van der Waals surface area contributed by atoms with E-state index in [0.717, 1.165) is 31.1 Å². The van der Waals surface area contributed by atoms with E-state index in [1.54, 1.807) is 6.33 Å². The molecule has 1 saturated carbocycles. The Morgan fingerprint density at radius 2 is 2.07 bits per heavy atom. The average molecular weight is 207 g/mol. The van der Waals surface area contributed by atoms with Gasteiger partial charge in [0.25, 0.3) is 0 Å². The van der Waals surface area contributed by atoms with Crippen molar-refractivity contribution in [1.29, 1.82) is 0 Å². The lowest BCUT2D eigenvalue weighted by atomic mass is 10.3. The van der Waals surface area contributed by atoms with Gasteiger partial charge in [0, 0.05) is 37.6 Å². The first kappa shape index (κ1) is 10.5. The number of rotatable bonds is 6. The molecule has 0 unspecified atom stereocenters. The molecule has 0 saturated heterocycles. The van der Waals surface area contributed by atoms with Crippen molar-refractivity contribution in [3.05, 3.63) is 24.3 Å². The predicted molar refractivity (Wildman–Crippen MR) is 57.1 cm³/mol. The van der Waals surface area contributed by atoms with Gasteiger partial charge in [-0.1, -0.05) is 0 Å². The van der Waals surface area contributed by atoms with Crippen LogP contribution in [0.15, 0.2) is 18.7 Å². The van der Waals surface area contributed by atoms with Crippen LogP contribution >= 0.6 is 0 Å². The molecule has 4 nitrogen and oxygen atoms in total. The minimum Gasteiger partial charge on any atom is -0.395 e. The molecule has 82 valence electrons. The maximum Gasteiger partial charge on any atom is 0.115 e. The first-order chi connectivity index (χ1) is 7.38. The summed E-state index contributed by atoms with van der Waals surface area (Å²) in [5.74, 6) is 0.848. The van der Waals surface area contributed by atoms with Crippen LogP contribution in [-0.4, -0.2) is 39.7 Å². The Kier molecular flexibility index (Phi) is 3.64. The Morgan fingerprint density at radius 3 is 2.67 bits per heavy atom. The van der Waals surface area contributed by atoms with E-state index in [1.807, 2.05) is 12.4 Å². The number of aliphatic hydroxyl groups excluding tert-OH is 1. The van der Waals surface area contributed by atoms with Crippen molar-refractivity contribution < 1.29 is 5.11 Å². The molecular formula is C11H17N3O. The molecule has 1 aromatic rings. The van der Waals surface area contributed by atoms with Crippen molar-refractivity contribution in [2.45, 2.75) is 19.4 Å². The summed E-state index contributed by atoms with van der Waals surface area (Å²) in [6.07, 6.45) is 7.90. The molecule has 2 rings (SSSR count). The van der Waals surface area contributed by atoms with E-state index < -0.39 is 0 Å². The van der Waals surface area contributed by atoms with Crippen LogP contribution in [0.3, 0.4) is 0 Å². The van der Waals surface area contributed by atoms with Gasteiger partial charge in [-0.25, -0.2) is 9.97 Å². The molecule has 1 heterocycles. The molecule has 15 heavy (non-hydrogen) atoms. The van der Waals surface area contributed by atoms with E-state index in [4.69, 9.17) is 5.11 Å². The molecule has 0 aromatic carbocycles.